The van der Waals surface area contributed by atoms with Crippen LogP contribution in [0.3, 0.4) is 0 Å². The molecule has 1 aromatic rings. The van der Waals surface area contributed by atoms with Crippen LogP contribution in [0.1, 0.15) is 57.9 Å². The molecule has 0 aromatic heterocycles. The van der Waals surface area contributed by atoms with Crippen molar-refractivity contribution in [2.45, 2.75) is 76.3 Å². The Morgan fingerprint density at radius 3 is 2.49 bits per heavy atom. The van der Waals surface area contributed by atoms with Gasteiger partial charge in [-0.3, -0.25) is 9.69 Å². The van der Waals surface area contributed by atoms with Gasteiger partial charge in [0.05, 0.1) is 12.0 Å². The Labute approximate surface area is 220 Å². The number of rotatable bonds is 9. The smallest absolute Gasteiger partial charge is 0.447 e. The van der Waals surface area contributed by atoms with Gasteiger partial charge in [-0.1, -0.05) is 36.8 Å². The highest BCUT2D eigenvalue weighted by Crippen LogP contribution is 2.25. The van der Waals surface area contributed by atoms with E-state index < -0.39 is 24.7 Å². The van der Waals surface area contributed by atoms with Gasteiger partial charge in [0.2, 0.25) is 0 Å². The van der Waals surface area contributed by atoms with E-state index in [4.69, 9.17) is 4.74 Å². The van der Waals surface area contributed by atoms with E-state index in [1.807, 2.05) is 44.2 Å². The summed E-state index contributed by atoms with van der Waals surface area (Å²) in [5.41, 5.74) is 0.535. The third-order valence-corrected chi connectivity index (χ3v) is 7.28. The van der Waals surface area contributed by atoms with Crippen molar-refractivity contribution in [3.63, 3.8) is 0 Å². The average Bonchev–Trinajstić information content (AvgIpc) is 2.91. The maximum Gasteiger partial charge on any atom is 0.475 e. The first-order valence-electron chi connectivity index (χ1n) is 13.2. The van der Waals surface area contributed by atoms with Gasteiger partial charge in [0.15, 0.2) is 0 Å². The SMILES string of the molecule is CC(C)(C=C(C#N)C(=O)N1CCCC[C@@H]1COC(=O)N[C@@H](Cc1ccccc1)B(O)O)N1CCCCC1. The minimum absolute atomic E-state index is 0.0363. The van der Waals surface area contributed by atoms with E-state index in [0.717, 1.165) is 44.3 Å². The number of nitrogens with one attached hydrogen (secondary N) is 1. The molecule has 0 radical (unpaired) electrons. The summed E-state index contributed by atoms with van der Waals surface area (Å²) in [5, 5.41) is 31.8. The number of piperidine rings is 2. The van der Waals surface area contributed by atoms with Crippen molar-refractivity contribution in [1.29, 1.82) is 5.26 Å². The first kappa shape index (κ1) is 28.7. The number of ether oxygens (including phenoxy) is 1. The second-order valence-electron chi connectivity index (χ2n) is 10.5. The van der Waals surface area contributed by atoms with Crippen molar-refractivity contribution in [3.8, 4) is 6.07 Å². The van der Waals surface area contributed by atoms with E-state index in [1.54, 1.807) is 11.0 Å². The molecule has 0 bridgehead atoms. The molecule has 0 aliphatic carbocycles. The average molecular weight is 510 g/mol. The summed E-state index contributed by atoms with van der Waals surface area (Å²) in [6.45, 7) is 6.41. The topological polar surface area (TPSA) is 126 Å². The van der Waals surface area contributed by atoms with Gasteiger partial charge in [-0.15, -0.1) is 0 Å². The Kier molecular flexibility index (Phi) is 10.6. The molecule has 0 saturated carbocycles. The first-order valence-corrected chi connectivity index (χ1v) is 13.2. The molecular weight excluding hydrogens is 471 g/mol. The maximum atomic E-state index is 13.4. The molecule has 2 aliphatic heterocycles. The summed E-state index contributed by atoms with van der Waals surface area (Å²) < 4.78 is 5.41. The standard InChI is InChI=1S/C27H39BN4O5/c1-27(2,31-14-8-4-9-15-31)18-22(19-29)25(33)32-16-10-7-13-23(32)20-37-26(34)30-24(28(35)36)17-21-11-5-3-6-12-21/h3,5-6,11-12,18,23-24,35-36H,4,7-10,13-17,20H2,1-2H3,(H,30,34)/t23-,24+/m1/s1. The molecule has 37 heavy (non-hydrogen) atoms. The highest BCUT2D eigenvalue weighted by atomic mass is 16.5. The van der Waals surface area contributed by atoms with Gasteiger partial charge < -0.3 is 25.0 Å². The molecule has 9 nitrogen and oxygen atoms in total. The number of nitriles is 1. The van der Waals surface area contributed by atoms with Crippen molar-refractivity contribution >= 4 is 19.1 Å². The van der Waals surface area contributed by atoms with Crippen molar-refractivity contribution in [2.24, 2.45) is 0 Å². The molecule has 10 heteroatoms. The van der Waals surface area contributed by atoms with Gasteiger partial charge in [0.1, 0.15) is 18.2 Å². The van der Waals surface area contributed by atoms with Crippen LogP contribution < -0.4 is 5.32 Å². The van der Waals surface area contributed by atoms with Gasteiger partial charge in [0.25, 0.3) is 5.91 Å². The lowest BCUT2D eigenvalue weighted by Gasteiger charge is -2.40. The van der Waals surface area contributed by atoms with E-state index in [2.05, 4.69) is 16.3 Å². The second-order valence-corrected chi connectivity index (χ2v) is 10.5. The van der Waals surface area contributed by atoms with Crippen LogP contribution in [-0.2, 0) is 16.0 Å². The van der Waals surface area contributed by atoms with Crippen molar-refractivity contribution in [2.75, 3.05) is 26.2 Å². The van der Waals surface area contributed by atoms with Gasteiger partial charge in [-0.2, -0.15) is 5.26 Å². The zero-order valence-corrected chi connectivity index (χ0v) is 21.9. The largest absolute Gasteiger partial charge is 0.475 e. The van der Waals surface area contributed by atoms with Crippen LogP contribution in [0, 0.1) is 11.3 Å². The number of likely N-dealkylation sites (tertiary alicyclic amines) is 2. The molecule has 2 saturated heterocycles. The minimum atomic E-state index is -1.76. The van der Waals surface area contributed by atoms with Crippen LogP contribution in [0.15, 0.2) is 42.0 Å². The molecule has 0 unspecified atom stereocenters. The lowest BCUT2D eigenvalue weighted by atomic mass is 9.76. The molecule has 2 heterocycles. The van der Waals surface area contributed by atoms with E-state index >= 15 is 0 Å². The Morgan fingerprint density at radius 1 is 1.16 bits per heavy atom. The number of carbonyl (C=O) groups is 2. The quantitative estimate of drug-likeness (QED) is 0.265. The molecule has 3 rings (SSSR count). The van der Waals surface area contributed by atoms with Crippen LogP contribution in [0.5, 0.6) is 0 Å². The number of nitrogens with zero attached hydrogens (tertiary/aromatic N) is 3. The van der Waals surface area contributed by atoms with Crippen LogP contribution in [0.2, 0.25) is 0 Å². The third kappa shape index (κ3) is 8.32. The van der Waals surface area contributed by atoms with Gasteiger partial charge >= 0.3 is 13.2 Å². The number of amides is 2. The summed E-state index contributed by atoms with van der Waals surface area (Å²) in [7, 11) is -1.76. The minimum Gasteiger partial charge on any atom is -0.447 e. The van der Waals surface area contributed by atoms with Crippen LogP contribution in [-0.4, -0.2) is 82.7 Å². The first-order chi connectivity index (χ1) is 17.7. The zero-order chi connectivity index (χ0) is 26.8. The molecule has 200 valence electrons. The summed E-state index contributed by atoms with van der Waals surface area (Å²) in [6, 6.07) is 10.9. The fourth-order valence-electron chi connectivity index (χ4n) is 5.12. The van der Waals surface area contributed by atoms with E-state index in [9.17, 15) is 24.9 Å². The Morgan fingerprint density at radius 2 is 1.84 bits per heavy atom. The predicted molar refractivity (Wildman–Crippen MR) is 141 cm³/mol. The molecule has 2 aliphatic rings. The number of hydrogen-bond donors (Lipinski definition) is 3. The summed E-state index contributed by atoms with van der Waals surface area (Å²) in [6.07, 6.45) is 7.00. The fourth-order valence-corrected chi connectivity index (χ4v) is 5.12. The van der Waals surface area contributed by atoms with Crippen molar-refractivity contribution in [3.05, 3.63) is 47.5 Å². The zero-order valence-electron chi connectivity index (χ0n) is 21.9. The molecule has 2 amide bonds. The van der Waals surface area contributed by atoms with E-state index in [0.29, 0.717) is 13.0 Å². The molecule has 2 fully saturated rings. The number of alkyl carbamates (subject to hydrolysis) is 1. The van der Waals surface area contributed by atoms with Gasteiger partial charge in [-0.25, -0.2) is 4.79 Å². The Balaban J connectivity index is 1.61. The predicted octanol–water partition coefficient (Wildman–Crippen LogP) is 2.43. The Bertz CT molecular complexity index is 973. The van der Waals surface area contributed by atoms with Gasteiger partial charge in [-0.05, 0) is 77.1 Å². The van der Waals surface area contributed by atoms with Crippen LogP contribution in [0.4, 0.5) is 4.79 Å². The molecule has 0 spiro atoms. The highest BCUT2D eigenvalue weighted by Gasteiger charge is 2.33. The van der Waals surface area contributed by atoms with Crippen molar-refractivity contribution < 1.29 is 24.4 Å². The molecular formula is C27H39BN4O5. The van der Waals surface area contributed by atoms with Crippen LogP contribution >= 0.6 is 0 Å². The molecule has 2 atom stereocenters. The summed E-state index contributed by atoms with van der Waals surface area (Å²) >= 11 is 0. The van der Waals surface area contributed by atoms with Crippen LogP contribution in [0.25, 0.3) is 0 Å². The highest BCUT2D eigenvalue weighted by molar-refractivity contribution is 6.43. The second kappa shape index (κ2) is 13.6. The summed E-state index contributed by atoms with van der Waals surface area (Å²) in [4.78, 5) is 29.8. The number of benzene rings is 1. The Hall–Kier alpha value is -2.87. The van der Waals surface area contributed by atoms with Gasteiger partial charge in [0, 0.05) is 12.1 Å². The summed E-state index contributed by atoms with van der Waals surface area (Å²) in [5.74, 6) is -1.28. The third-order valence-electron chi connectivity index (χ3n) is 7.28. The molecule has 3 N–H and O–H groups in total. The number of hydrogen-bond acceptors (Lipinski definition) is 7. The van der Waals surface area contributed by atoms with E-state index in [1.165, 1.54) is 6.42 Å². The van der Waals surface area contributed by atoms with E-state index in [-0.39, 0.29) is 30.5 Å². The maximum absolute atomic E-state index is 13.4. The monoisotopic (exact) mass is 510 g/mol. The van der Waals surface area contributed by atoms with Crippen molar-refractivity contribution in [1.82, 2.24) is 15.1 Å². The lowest BCUT2D eigenvalue weighted by Crippen LogP contribution is -2.50. The fraction of sp³-hybridized carbons (Fsp3) is 0.593. The normalized spacial score (nSPS) is 20.0. The molecule has 1 aromatic carbocycles. The number of carbonyl (C=O) groups excluding carboxylic acids is 2. The lowest BCUT2D eigenvalue weighted by molar-refractivity contribution is -0.131.